The first kappa shape index (κ1) is 17.7. The van der Waals surface area contributed by atoms with Crippen molar-refractivity contribution in [3.05, 3.63) is 53.3 Å². The zero-order valence-electron chi connectivity index (χ0n) is 14.8. The molecule has 26 heavy (non-hydrogen) atoms. The molecule has 7 heteroatoms. The summed E-state index contributed by atoms with van der Waals surface area (Å²) in [4.78, 5) is 30.3. The average molecular weight is 355 g/mol. The Labute approximate surface area is 151 Å². The van der Waals surface area contributed by atoms with E-state index < -0.39 is 11.8 Å². The number of methoxy groups -OCH3 is 2. The summed E-state index contributed by atoms with van der Waals surface area (Å²) < 4.78 is 10.6. The second kappa shape index (κ2) is 7.86. The molecular formula is C19H21N3O4. The van der Waals surface area contributed by atoms with E-state index in [1.807, 2.05) is 18.2 Å². The molecular weight excluding hydrogens is 334 g/mol. The molecule has 1 aromatic carbocycles. The Hall–Kier alpha value is -3.09. The van der Waals surface area contributed by atoms with Crippen molar-refractivity contribution in [1.29, 1.82) is 0 Å². The standard InChI is InChI=1S/C19H21N3O4/c1-25-16-9-13-6-8-22(12-14(13)10-17(16)26-2)19(24)18(23)21-11-15-5-3-4-7-20-15/h3-5,7,9-10H,6,8,11-12H2,1-2H3,(H,21,23). The minimum absolute atomic E-state index is 0.223. The Balaban J connectivity index is 1.65. The van der Waals surface area contributed by atoms with Crippen LogP contribution in [0.4, 0.5) is 0 Å². The third-order valence-corrected chi connectivity index (χ3v) is 4.36. The fourth-order valence-corrected chi connectivity index (χ4v) is 2.95. The quantitative estimate of drug-likeness (QED) is 0.836. The van der Waals surface area contributed by atoms with Gasteiger partial charge in [0.1, 0.15) is 0 Å². The van der Waals surface area contributed by atoms with Crippen LogP contribution in [0.25, 0.3) is 0 Å². The van der Waals surface area contributed by atoms with Gasteiger partial charge in [-0.1, -0.05) is 6.07 Å². The molecule has 2 amide bonds. The van der Waals surface area contributed by atoms with Crippen LogP contribution in [-0.4, -0.2) is 42.5 Å². The van der Waals surface area contributed by atoms with Crippen LogP contribution < -0.4 is 14.8 Å². The van der Waals surface area contributed by atoms with Gasteiger partial charge in [0.25, 0.3) is 0 Å². The van der Waals surface area contributed by atoms with Crippen LogP contribution in [0.3, 0.4) is 0 Å². The third kappa shape index (κ3) is 3.77. The van der Waals surface area contributed by atoms with Crippen molar-refractivity contribution < 1.29 is 19.1 Å². The Morgan fingerprint density at radius 2 is 1.88 bits per heavy atom. The first-order valence-electron chi connectivity index (χ1n) is 8.33. The SMILES string of the molecule is COc1cc2c(cc1OC)CN(C(=O)C(=O)NCc1ccccn1)CC2. The van der Waals surface area contributed by atoms with Gasteiger partial charge in [0, 0.05) is 19.3 Å². The van der Waals surface area contributed by atoms with E-state index in [4.69, 9.17) is 9.47 Å². The smallest absolute Gasteiger partial charge is 0.312 e. The number of amides is 2. The summed E-state index contributed by atoms with van der Waals surface area (Å²) in [5.74, 6) is 0.111. The van der Waals surface area contributed by atoms with Crippen LogP contribution in [0.5, 0.6) is 11.5 Å². The van der Waals surface area contributed by atoms with Crippen LogP contribution in [0.2, 0.25) is 0 Å². The Kier molecular flexibility index (Phi) is 5.36. The van der Waals surface area contributed by atoms with Crippen LogP contribution in [0.15, 0.2) is 36.5 Å². The maximum absolute atomic E-state index is 12.4. The van der Waals surface area contributed by atoms with Gasteiger partial charge in [0.2, 0.25) is 0 Å². The number of fused-ring (bicyclic) bond motifs is 1. The number of ether oxygens (including phenoxy) is 2. The van der Waals surface area contributed by atoms with Crippen LogP contribution >= 0.6 is 0 Å². The highest BCUT2D eigenvalue weighted by Gasteiger charge is 2.26. The second-order valence-corrected chi connectivity index (χ2v) is 5.96. The number of carbonyl (C=O) groups excluding carboxylic acids is 2. The minimum atomic E-state index is -0.625. The van der Waals surface area contributed by atoms with Gasteiger partial charge >= 0.3 is 11.8 Å². The number of hydrogen-bond acceptors (Lipinski definition) is 5. The Morgan fingerprint density at radius 1 is 1.15 bits per heavy atom. The van der Waals surface area contributed by atoms with E-state index in [-0.39, 0.29) is 6.54 Å². The monoisotopic (exact) mass is 355 g/mol. The maximum atomic E-state index is 12.4. The molecule has 2 heterocycles. The van der Waals surface area contributed by atoms with E-state index in [9.17, 15) is 9.59 Å². The fraction of sp³-hybridized carbons (Fsp3) is 0.316. The number of benzene rings is 1. The zero-order chi connectivity index (χ0) is 18.5. The zero-order valence-corrected chi connectivity index (χ0v) is 14.8. The molecule has 0 saturated heterocycles. The van der Waals surface area contributed by atoms with Gasteiger partial charge in [0.15, 0.2) is 11.5 Å². The molecule has 1 aliphatic rings. The fourth-order valence-electron chi connectivity index (χ4n) is 2.95. The molecule has 1 aromatic heterocycles. The highest BCUT2D eigenvalue weighted by Crippen LogP contribution is 2.33. The molecule has 1 aliphatic heterocycles. The molecule has 0 aliphatic carbocycles. The molecule has 0 fully saturated rings. The van der Waals surface area contributed by atoms with E-state index in [2.05, 4.69) is 10.3 Å². The highest BCUT2D eigenvalue weighted by molar-refractivity contribution is 6.34. The normalized spacial score (nSPS) is 12.9. The molecule has 0 radical (unpaired) electrons. The number of aromatic nitrogens is 1. The van der Waals surface area contributed by atoms with Crippen molar-refractivity contribution in [2.24, 2.45) is 0 Å². The lowest BCUT2D eigenvalue weighted by atomic mass is 9.98. The number of nitrogens with one attached hydrogen (secondary N) is 1. The summed E-state index contributed by atoms with van der Waals surface area (Å²) in [6, 6.07) is 9.21. The first-order chi connectivity index (χ1) is 12.6. The van der Waals surface area contributed by atoms with Crippen molar-refractivity contribution in [3.8, 4) is 11.5 Å². The second-order valence-electron chi connectivity index (χ2n) is 5.96. The first-order valence-corrected chi connectivity index (χ1v) is 8.33. The van der Waals surface area contributed by atoms with Gasteiger partial charge in [-0.15, -0.1) is 0 Å². The minimum Gasteiger partial charge on any atom is -0.493 e. The molecule has 2 aromatic rings. The van der Waals surface area contributed by atoms with Crippen molar-refractivity contribution >= 4 is 11.8 Å². The summed E-state index contributed by atoms with van der Waals surface area (Å²) in [5.41, 5.74) is 2.76. The van der Waals surface area contributed by atoms with E-state index in [0.29, 0.717) is 36.7 Å². The van der Waals surface area contributed by atoms with Crippen molar-refractivity contribution in [3.63, 3.8) is 0 Å². The predicted molar refractivity (Wildman–Crippen MR) is 94.8 cm³/mol. The van der Waals surface area contributed by atoms with Crippen molar-refractivity contribution in [1.82, 2.24) is 15.2 Å². The lowest BCUT2D eigenvalue weighted by molar-refractivity contribution is -0.146. The van der Waals surface area contributed by atoms with Gasteiger partial charge in [-0.2, -0.15) is 0 Å². The average Bonchev–Trinajstić information content (AvgIpc) is 2.70. The van der Waals surface area contributed by atoms with Crippen LogP contribution in [0.1, 0.15) is 16.8 Å². The largest absolute Gasteiger partial charge is 0.493 e. The number of carbonyl (C=O) groups is 2. The van der Waals surface area contributed by atoms with Crippen molar-refractivity contribution in [2.45, 2.75) is 19.5 Å². The Bertz CT molecular complexity index is 808. The molecule has 7 nitrogen and oxygen atoms in total. The van der Waals surface area contributed by atoms with E-state index in [1.54, 1.807) is 37.4 Å². The van der Waals surface area contributed by atoms with Crippen LogP contribution in [0, 0.1) is 0 Å². The number of pyridine rings is 1. The maximum Gasteiger partial charge on any atom is 0.312 e. The molecule has 0 atom stereocenters. The topological polar surface area (TPSA) is 80.8 Å². The molecule has 136 valence electrons. The lowest BCUT2D eigenvalue weighted by Gasteiger charge is -2.29. The summed E-state index contributed by atoms with van der Waals surface area (Å²) in [6.07, 6.45) is 2.31. The summed E-state index contributed by atoms with van der Waals surface area (Å²) in [6.45, 7) is 1.07. The summed E-state index contributed by atoms with van der Waals surface area (Å²) >= 11 is 0. The van der Waals surface area contributed by atoms with Gasteiger partial charge in [0.05, 0.1) is 26.5 Å². The van der Waals surface area contributed by atoms with Gasteiger partial charge in [-0.05, 0) is 41.8 Å². The molecule has 0 saturated carbocycles. The molecule has 1 N–H and O–H groups in total. The summed E-state index contributed by atoms with van der Waals surface area (Å²) in [7, 11) is 3.16. The predicted octanol–water partition coefficient (Wildman–Crippen LogP) is 1.30. The van der Waals surface area contributed by atoms with Gasteiger partial charge < -0.3 is 19.7 Å². The van der Waals surface area contributed by atoms with Gasteiger partial charge in [-0.25, -0.2) is 0 Å². The van der Waals surface area contributed by atoms with Gasteiger partial charge in [-0.3, -0.25) is 14.6 Å². The molecule has 3 rings (SSSR count). The van der Waals surface area contributed by atoms with Crippen molar-refractivity contribution in [2.75, 3.05) is 20.8 Å². The lowest BCUT2D eigenvalue weighted by Crippen LogP contribution is -2.44. The number of hydrogen-bond donors (Lipinski definition) is 1. The highest BCUT2D eigenvalue weighted by atomic mass is 16.5. The van der Waals surface area contributed by atoms with E-state index in [1.165, 1.54) is 0 Å². The molecule has 0 bridgehead atoms. The Morgan fingerprint density at radius 3 is 2.54 bits per heavy atom. The number of rotatable bonds is 4. The van der Waals surface area contributed by atoms with E-state index >= 15 is 0 Å². The van der Waals surface area contributed by atoms with E-state index in [0.717, 1.165) is 11.1 Å². The molecule has 0 spiro atoms. The third-order valence-electron chi connectivity index (χ3n) is 4.36. The summed E-state index contributed by atoms with van der Waals surface area (Å²) in [5, 5.41) is 2.62. The molecule has 0 unspecified atom stereocenters. The number of nitrogens with zero attached hydrogens (tertiary/aromatic N) is 2. The van der Waals surface area contributed by atoms with Crippen LogP contribution in [-0.2, 0) is 29.1 Å².